The molecule has 6 nitrogen and oxygen atoms in total. The van der Waals surface area contributed by atoms with E-state index in [0.717, 1.165) is 5.56 Å². The summed E-state index contributed by atoms with van der Waals surface area (Å²) in [5.74, 6) is 0.355. The number of hydrogen-bond acceptors (Lipinski definition) is 4. The maximum atomic E-state index is 13.3. The maximum Gasteiger partial charge on any atom is 0.250 e. The molecule has 1 aromatic heterocycles. The number of nitrogens with one attached hydrogen (secondary N) is 2. The molecule has 27 heavy (non-hydrogen) atoms. The van der Waals surface area contributed by atoms with E-state index in [0.29, 0.717) is 25.6 Å². The third-order valence-corrected chi connectivity index (χ3v) is 6.29. The van der Waals surface area contributed by atoms with E-state index in [1.54, 1.807) is 23.6 Å². The molecule has 1 heterocycles. The average molecular weight is 526 g/mol. The highest BCUT2D eigenvalue weighted by atomic mass is 127. The van der Waals surface area contributed by atoms with Crippen LogP contribution in [0.3, 0.4) is 0 Å². The van der Waals surface area contributed by atoms with Crippen molar-refractivity contribution in [2.75, 3.05) is 26.7 Å². The van der Waals surface area contributed by atoms with Crippen molar-refractivity contribution in [3.05, 3.63) is 53.2 Å². The van der Waals surface area contributed by atoms with E-state index in [-0.39, 0.29) is 40.5 Å². The molecule has 0 radical (unpaired) electrons. The van der Waals surface area contributed by atoms with Crippen molar-refractivity contribution in [3.8, 4) is 0 Å². The van der Waals surface area contributed by atoms with Gasteiger partial charge in [0, 0.05) is 26.7 Å². The Balaban J connectivity index is 0.00000364. The van der Waals surface area contributed by atoms with Crippen molar-refractivity contribution < 1.29 is 12.8 Å². The van der Waals surface area contributed by atoms with Crippen molar-refractivity contribution in [3.63, 3.8) is 0 Å². The summed E-state index contributed by atoms with van der Waals surface area (Å²) < 4.78 is 40.3. The molecule has 1 aromatic carbocycles. The van der Waals surface area contributed by atoms with E-state index in [4.69, 9.17) is 0 Å². The van der Waals surface area contributed by atoms with Crippen molar-refractivity contribution in [2.24, 2.45) is 4.99 Å². The largest absolute Gasteiger partial charge is 0.357 e. The maximum absolute atomic E-state index is 13.3. The quantitative estimate of drug-likeness (QED) is 0.240. The molecule has 10 heteroatoms. The van der Waals surface area contributed by atoms with Gasteiger partial charge in [-0.3, -0.25) is 4.99 Å². The molecule has 0 amide bonds. The van der Waals surface area contributed by atoms with E-state index in [1.165, 1.54) is 23.5 Å². The molecule has 0 aliphatic heterocycles. The highest BCUT2D eigenvalue weighted by Crippen LogP contribution is 2.14. The van der Waals surface area contributed by atoms with E-state index in [2.05, 4.69) is 15.0 Å². The van der Waals surface area contributed by atoms with Crippen molar-refractivity contribution in [2.45, 2.75) is 17.7 Å². The number of aliphatic imine (C=N–C) groups is 1. The summed E-state index contributed by atoms with van der Waals surface area (Å²) >= 11 is 1.17. The number of guanidine groups is 1. The third kappa shape index (κ3) is 7.72. The van der Waals surface area contributed by atoms with Gasteiger partial charge in [0.25, 0.3) is 0 Å². The van der Waals surface area contributed by atoms with Gasteiger partial charge in [-0.15, -0.1) is 35.3 Å². The summed E-state index contributed by atoms with van der Waals surface area (Å²) in [5.41, 5.74) is 0.830. The molecule has 2 rings (SSSR count). The fourth-order valence-electron chi connectivity index (χ4n) is 2.28. The van der Waals surface area contributed by atoms with Crippen LogP contribution in [0.2, 0.25) is 0 Å². The number of benzene rings is 1. The minimum Gasteiger partial charge on any atom is -0.357 e. The highest BCUT2D eigenvalue weighted by molar-refractivity contribution is 14.0. The first-order valence-electron chi connectivity index (χ1n) is 8.19. The smallest absolute Gasteiger partial charge is 0.250 e. The van der Waals surface area contributed by atoms with E-state index in [1.807, 2.05) is 24.9 Å². The van der Waals surface area contributed by atoms with Gasteiger partial charge < -0.3 is 10.2 Å². The normalized spacial score (nSPS) is 11.7. The van der Waals surface area contributed by atoms with Crippen LogP contribution >= 0.6 is 35.3 Å². The Hall–Kier alpha value is -1.24. The van der Waals surface area contributed by atoms with Crippen LogP contribution in [0.4, 0.5) is 4.39 Å². The topological polar surface area (TPSA) is 73.8 Å². The predicted molar refractivity (Wildman–Crippen MR) is 119 cm³/mol. The lowest BCUT2D eigenvalue weighted by atomic mass is 10.2. The second-order valence-electron chi connectivity index (χ2n) is 5.55. The Bertz CT molecular complexity index is 829. The third-order valence-electron chi connectivity index (χ3n) is 3.43. The van der Waals surface area contributed by atoms with Crippen LogP contribution < -0.4 is 10.0 Å². The Morgan fingerprint density at radius 3 is 2.70 bits per heavy atom. The molecule has 0 aliphatic carbocycles. The van der Waals surface area contributed by atoms with E-state index >= 15 is 0 Å². The first-order valence-corrected chi connectivity index (χ1v) is 10.6. The molecule has 0 aliphatic rings. The van der Waals surface area contributed by atoms with Crippen molar-refractivity contribution in [1.82, 2.24) is 14.9 Å². The van der Waals surface area contributed by atoms with Crippen LogP contribution in [0.1, 0.15) is 12.5 Å². The summed E-state index contributed by atoms with van der Waals surface area (Å²) in [7, 11) is -1.63. The van der Waals surface area contributed by atoms with Gasteiger partial charge in [-0.25, -0.2) is 17.5 Å². The number of halogens is 2. The predicted octanol–water partition coefficient (Wildman–Crippen LogP) is 2.88. The zero-order valence-electron chi connectivity index (χ0n) is 15.2. The fourth-order valence-corrected chi connectivity index (χ4v) is 4.34. The van der Waals surface area contributed by atoms with Gasteiger partial charge >= 0.3 is 0 Å². The molecule has 0 saturated carbocycles. The number of rotatable bonds is 8. The van der Waals surface area contributed by atoms with Crippen LogP contribution in [-0.4, -0.2) is 46.0 Å². The lowest BCUT2D eigenvalue weighted by Crippen LogP contribution is -2.39. The molecule has 0 spiro atoms. The standard InChI is InChI=1S/C17H23FN4O2S2.HI/c1-3-19-17(22(2)13-14-6-4-7-15(18)12-14)20-9-10-21-26(23,24)16-8-5-11-25-16;/h4-8,11-12,21H,3,9-10,13H2,1-2H3,(H,19,20);1H. The SMILES string of the molecule is CCNC(=NCCNS(=O)(=O)c1cccs1)N(C)Cc1cccc(F)c1.I. The summed E-state index contributed by atoms with van der Waals surface area (Å²) in [6.45, 7) is 3.60. The Morgan fingerprint density at radius 1 is 1.30 bits per heavy atom. The van der Waals surface area contributed by atoms with Gasteiger partial charge in [0.1, 0.15) is 10.0 Å². The Labute approximate surface area is 181 Å². The zero-order chi connectivity index (χ0) is 19.0. The lowest BCUT2D eigenvalue weighted by Gasteiger charge is -2.22. The average Bonchev–Trinajstić information content (AvgIpc) is 3.13. The van der Waals surface area contributed by atoms with E-state index in [9.17, 15) is 12.8 Å². The molecule has 0 unspecified atom stereocenters. The van der Waals surface area contributed by atoms with Crippen LogP contribution in [-0.2, 0) is 16.6 Å². The van der Waals surface area contributed by atoms with Gasteiger partial charge in [-0.2, -0.15) is 0 Å². The van der Waals surface area contributed by atoms with Crippen LogP contribution in [0, 0.1) is 5.82 Å². The lowest BCUT2D eigenvalue weighted by molar-refractivity contribution is 0.475. The first kappa shape index (κ1) is 23.8. The Kier molecular flexibility index (Phi) is 10.2. The van der Waals surface area contributed by atoms with Gasteiger partial charge in [0.15, 0.2) is 5.96 Å². The summed E-state index contributed by atoms with van der Waals surface area (Å²) in [4.78, 5) is 6.30. The van der Waals surface area contributed by atoms with Crippen molar-refractivity contribution in [1.29, 1.82) is 0 Å². The Morgan fingerprint density at radius 2 is 2.07 bits per heavy atom. The molecule has 2 N–H and O–H groups in total. The molecule has 0 fully saturated rings. The minimum absolute atomic E-state index is 0. The van der Waals surface area contributed by atoms with Crippen LogP contribution in [0.15, 0.2) is 51.0 Å². The van der Waals surface area contributed by atoms with Crippen molar-refractivity contribution >= 4 is 51.3 Å². The van der Waals surface area contributed by atoms with Gasteiger partial charge in [-0.1, -0.05) is 18.2 Å². The zero-order valence-corrected chi connectivity index (χ0v) is 19.1. The second kappa shape index (κ2) is 11.6. The van der Waals surface area contributed by atoms with Gasteiger partial charge in [-0.05, 0) is 36.1 Å². The molecule has 0 atom stereocenters. The monoisotopic (exact) mass is 526 g/mol. The van der Waals surface area contributed by atoms with Gasteiger partial charge in [0.05, 0.1) is 6.54 Å². The molecular weight excluding hydrogens is 502 g/mol. The second-order valence-corrected chi connectivity index (χ2v) is 8.49. The van der Waals surface area contributed by atoms with E-state index < -0.39 is 10.0 Å². The summed E-state index contributed by atoms with van der Waals surface area (Å²) in [6, 6.07) is 9.66. The number of thiophene rings is 1. The number of hydrogen-bond donors (Lipinski definition) is 2. The highest BCUT2D eigenvalue weighted by Gasteiger charge is 2.14. The summed E-state index contributed by atoms with van der Waals surface area (Å²) in [6.07, 6.45) is 0. The molecule has 0 bridgehead atoms. The summed E-state index contributed by atoms with van der Waals surface area (Å²) in [5, 5.41) is 4.87. The molecule has 0 saturated heterocycles. The van der Waals surface area contributed by atoms with Crippen LogP contribution in [0.5, 0.6) is 0 Å². The molecule has 2 aromatic rings. The molecular formula is C17H24FIN4O2S2. The van der Waals surface area contributed by atoms with Gasteiger partial charge in [0.2, 0.25) is 10.0 Å². The minimum atomic E-state index is -3.48. The molecule has 150 valence electrons. The fraction of sp³-hybridized carbons (Fsp3) is 0.353. The van der Waals surface area contributed by atoms with Crippen LogP contribution in [0.25, 0.3) is 0 Å². The first-order chi connectivity index (χ1) is 12.4. The number of sulfonamides is 1. The number of nitrogens with zero attached hydrogens (tertiary/aromatic N) is 2.